The number of carbonyl (C=O) groups excluding carboxylic acids is 2. The molecule has 0 spiro atoms. The summed E-state index contributed by atoms with van der Waals surface area (Å²) in [6.07, 6.45) is 5.87. The van der Waals surface area contributed by atoms with Crippen LogP contribution in [0.3, 0.4) is 0 Å². The maximum Gasteiger partial charge on any atom is 0.223 e. The zero-order valence-corrected chi connectivity index (χ0v) is 16.8. The molecule has 4 nitrogen and oxygen atoms in total. The summed E-state index contributed by atoms with van der Waals surface area (Å²) in [5.41, 5.74) is -0.124. The Kier molecular flexibility index (Phi) is 6.91. The van der Waals surface area contributed by atoms with E-state index < -0.39 is 17.7 Å². The fourth-order valence-corrected chi connectivity index (χ4v) is 4.77. The van der Waals surface area contributed by atoms with Gasteiger partial charge in [-0.2, -0.15) is 0 Å². The van der Waals surface area contributed by atoms with Gasteiger partial charge >= 0.3 is 0 Å². The molecule has 7 heteroatoms. The van der Waals surface area contributed by atoms with Gasteiger partial charge in [0.15, 0.2) is 0 Å². The van der Waals surface area contributed by atoms with E-state index in [9.17, 15) is 18.4 Å². The third-order valence-electron chi connectivity index (χ3n) is 6.11. The summed E-state index contributed by atoms with van der Waals surface area (Å²) in [4.78, 5) is 24.0. The normalized spacial score (nSPS) is 23.6. The van der Waals surface area contributed by atoms with Crippen molar-refractivity contribution in [1.82, 2.24) is 10.6 Å². The lowest BCUT2D eigenvalue weighted by Gasteiger charge is -2.27. The van der Waals surface area contributed by atoms with Crippen LogP contribution in [0.15, 0.2) is 12.1 Å². The Hall–Kier alpha value is -1.69. The largest absolute Gasteiger partial charge is 0.356 e. The number of hydrogen-bond acceptors (Lipinski definition) is 2. The number of amides is 2. The molecule has 0 aliphatic heterocycles. The van der Waals surface area contributed by atoms with E-state index in [0.29, 0.717) is 19.4 Å². The molecule has 1 aromatic rings. The quantitative estimate of drug-likeness (QED) is 0.675. The van der Waals surface area contributed by atoms with E-state index in [1.54, 1.807) is 0 Å². The lowest BCUT2D eigenvalue weighted by atomic mass is 9.90. The van der Waals surface area contributed by atoms with Gasteiger partial charge in [0.25, 0.3) is 0 Å². The third kappa shape index (κ3) is 4.83. The zero-order chi connectivity index (χ0) is 20.3. The maximum absolute atomic E-state index is 14.7. The third-order valence-corrected chi connectivity index (χ3v) is 6.40. The molecule has 2 saturated carbocycles. The van der Waals surface area contributed by atoms with Crippen LogP contribution in [0.5, 0.6) is 0 Å². The van der Waals surface area contributed by atoms with Gasteiger partial charge in [0.2, 0.25) is 11.8 Å². The Labute approximate surface area is 169 Å². The van der Waals surface area contributed by atoms with Crippen LogP contribution in [0.4, 0.5) is 8.78 Å². The van der Waals surface area contributed by atoms with Crippen molar-refractivity contribution in [2.75, 3.05) is 6.54 Å². The van der Waals surface area contributed by atoms with E-state index in [1.165, 1.54) is 13.0 Å². The summed E-state index contributed by atoms with van der Waals surface area (Å²) in [6, 6.07) is 1.66. The SMILES string of the molecule is CC(=O)NCC1CC[C@H](C(=O)NC(c2c(F)ccc(Cl)c2F)C2CCCC2)C1. The number of halogens is 3. The summed E-state index contributed by atoms with van der Waals surface area (Å²) in [7, 11) is 0. The van der Waals surface area contributed by atoms with E-state index in [4.69, 9.17) is 11.6 Å². The van der Waals surface area contributed by atoms with Crippen molar-refractivity contribution in [3.05, 3.63) is 34.4 Å². The minimum Gasteiger partial charge on any atom is -0.356 e. The van der Waals surface area contributed by atoms with Crippen LogP contribution in [0.2, 0.25) is 5.02 Å². The highest BCUT2D eigenvalue weighted by molar-refractivity contribution is 6.30. The average Bonchev–Trinajstić information content (AvgIpc) is 3.34. The van der Waals surface area contributed by atoms with Crippen molar-refractivity contribution in [3.63, 3.8) is 0 Å². The minimum absolute atomic E-state index is 0.00277. The van der Waals surface area contributed by atoms with Crippen molar-refractivity contribution >= 4 is 23.4 Å². The van der Waals surface area contributed by atoms with E-state index in [0.717, 1.165) is 38.2 Å². The average molecular weight is 413 g/mol. The van der Waals surface area contributed by atoms with Crippen molar-refractivity contribution in [3.8, 4) is 0 Å². The summed E-state index contributed by atoms with van der Waals surface area (Å²) >= 11 is 5.89. The molecule has 2 aliphatic carbocycles. The number of rotatable bonds is 6. The Morgan fingerprint density at radius 1 is 1.18 bits per heavy atom. The predicted octanol–water partition coefficient (Wildman–Crippen LogP) is 4.52. The highest BCUT2D eigenvalue weighted by atomic mass is 35.5. The first kappa shape index (κ1) is 21.0. The van der Waals surface area contributed by atoms with E-state index in [2.05, 4.69) is 10.6 Å². The molecule has 2 N–H and O–H groups in total. The molecule has 1 aromatic carbocycles. The van der Waals surface area contributed by atoms with Gasteiger partial charge in [-0.1, -0.05) is 24.4 Å². The molecule has 0 radical (unpaired) electrons. The fourth-order valence-electron chi connectivity index (χ4n) is 4.60. The lowest BCUT2D eigenvalue weighted by molar-refractivity contribution is -0.126. The molecule has 0 saturated heterocycles. The molecule has 0 heterocycles. The molecule has 3 atom stereocenters. The molecular weight excluding hydrogens is 386 g/mol. The molecule has 2 amide bonds. The van der Waals surface area contributed by atoms with E-state index in [-0.39, 0.29) is 40.2 Å². The second kappa shape index (κ2) is 9.21. The second-order valence-electron chi connectivity index (χ2n) is 8.10. The van der Waals surface area contributed by atoms with Gasteiger partial charge in [-0.05, 0) is 56.1 Å². The van der Waals surface area contributed by atoms with Gasteiger partial charge in [0.05, 0.1) is 11.1 Å². The highest BCUT2D eigenvalue weighted by Gasteiger charge is 2.36. The molecule has 2 unspecified atom stereocenters. The number of hydrogen-bond donors (Lipinski definition) is 2. The smallest absolute Gasteiger partial charge is 0.223 e. The van der Waals surface area contributed by atoms with Crippen molar-refractivity contribution in [2.45, 2.75) is 57.9 Å². The first-order chi connectivity index (χ1) is 13.4. The van der Waals surface area contributed by atoms with Crippen LogP contribution in [-0.2, 0) is 9.59 Å². The van der Waals surface area contributed by atoms with Gasteiger partial charge in [-0.25, -0.2) is 8.78 Å². The molecular formula is C21H27ClF2N2O2. The van der Waals surface area contributed by atoms with Crippen molar-refractivity contribution in [2.24, 2.45) is 17.8 Å². The van der Waals surface area contributed by atoms with Crippen molar-refractivity contribution in [1.29, 1.82) is 0 Å². The van der Waals surface area contributed by atoms with E-state index >= 15 is 0 Å². The highest BCUT2D eigenvalue weighted by Crippen LogP contribution is 2.40. The molecule has 3 rings (SSSR count). The van der Waals surface area contributed by atoms with Crippen LogP contribution >= 0.6 is 11.6 Å². The Balaban J connectivity index is 1.73. The maximum atomic E-state index is 14.7. The second-order valence-corrected chi connectivity index (χ2v) is 8.51. The van der Waals surface area contributed by atoms with Gasteiger partial charge in [0.1, 0.15) is 11.6 Å². The van der Waals surface area contributed by atoms with Crippen LogP contribution in [-0.4, -0.2) is 18.4 Å². The van der Waals surface area contributed by atoms with Crippen LogP contribution in [0, 0.1) is 29.4 Å². The Morgan fingerprint density at radius 3 is 2.57 bits per heavy atom. The first-order valence-corrected chi connectivity index (χ1v) is 10.4. The predicted molar refractivity (Wildman–Crippen MR) is 104 cm³/mol. The molecule has 0 bridgehead atoms. The number of nitrogens with one attached hydrogen (secondary N) is 2. The van der Waals surface area contributed by atoms with Crippen LogP contribution in [0.25, 0.3) is 0 Å². The van der Waals surface area contributed by atoms with E-state index in [1.807, 2.05) is 0 Å². The molecule has 154 valence electrons. The molecule has 2 fully saturated rings. The zero-order valence-electron chi connectivity index (χ0n) is 16.1. The summed E-state index contributed by atoms with van der Waals surface area (Å²) in [5, 5.41) is 5.61. The number of carbonyl (C=O) groups is 2. The van der Waals surface area contributed by atoms with Crippen LogP contribution < -0.4 is 10.6 Å². The Morgan fingerprint density at radius 2 is 1.89 bits per heavy atom. The Bertz CT molecular complexity index is 737. The minimum atomic E-state index is -0.783. The van der Waals surface area contributed by atoms with Gasteiger partial charge < -0.3 is 10.6 Å². The van der Waals surface area contributed by atoms with Crippen molar-refractivity contribution < 1.29 is 18.4 Å². The summed E-state index contributed by atoms with van der Waals surface area (Å²) in [6.45, 7) is 2.03. The lowest BCUT2D eigenvalue weighted by Crippen LogP contribution is -2.37. The van der Waals surface area contributed by atoms with Crippen LogP contribution in [0.1, 0.15) is 63.5 Å². The van der Waals surface area contributed by atoms with Gasteiger partial charge in [-0.15, -0.1) is 0 Å². The summed E-state index contributed by atoms with van der Waals surface area (Å²) in [5.74, 6) is -1.65. The fraction of sp³-hybridized carbons (Fsp3) is 0.619. The topological polar surface area (TPSA) is 58.2 Å². The monoisotopic (exact) mass is 412 g/mol. The summed E-state index contributed by atoms with van der Waals surface area (Å²) < 4.78 is 29.2. The standard InChI is InChI=1S/C21H27ClF2N2O2/c1-12(27)25-11-13-6-7-15(10-13)21(28)26-20(14-4-2-3-5-14)18-17(23)9-8-16(22)19(18)24/h8-9,13-15,20H,2-7,10-11H2,1H3,(H,25,27)(H,26,28)/t13?,15-,20?/m0/s1. The van der Waals surface area contributed by atoms with Gasteiger partial charge in [0, 0.05) is 24.9 Å². The molecule has 2 aliphatic rings. The van der Waals surface area contributed by atoms with Gasteiger partial charge in [-0.3, -0.25) is 9.59 Å². The molecule has 28 heavy (non-hydrogen) atoms. The first-order valence-electron chi connectivity index (χ1n) is 10.0. The molecule has 0 aromatic heterocycles. The number of benzene rings is 1.